The maximum absolute atomic E-state index is 12.2. The third kappa shape index (κ3) is 5.91. The molecule has 1 heterocycles. The summed E-state index contributed by atoms with van der Waals surface area (Å²) in [4.78, 5) is 39.2. The second kappa shape index (κ2) is 8.40. The van der Waals surface area contributed by atoms with Crippen molar-refractivity contribution in [3.8, 4) is 0 Å². The van der Waals surface area contributed by atoms with Crippen LogP contribution >= 0.6 is 11.6 Å². The number of benzene rings is 1. The van der Waals surface area contributed by atoms with E-state index in [1.165, 1.54) is 12.1 Å². The Morgan fingerprint density at radius 1 is 1.00 bits per heavy atom. The lowest BCUT2D eigenvalue weighted by Gasteiger charge is -2.35. The molecule has 1 saturated heterocycles. The van der Waals surface area contributed by atoms with Crippen LogP contribution in [0.4, 0.5) is 4.79 Å². The van der Waals surface area contributed by atoms with Crippen molar-refractivity contribution in [2.24, 2.45) is 0 Å². The number of nitrogens with zero attached hydrogens (tertiary/aromatic N) is 2. The average molecular weight is 383 g/mol. The first-order chi connectivity index (χ1) is 12.2. The minimum Gasteiger partial charge on any atom is -0.452 e. The van der Waals surface area contributed by atoms with Crippen LogP contribution in [0.15, 0.2) is 24.3 Å². The molecule has 1 aliphatic rings. The molecule has 0 aliphatic carbocycles. The molecule has 7 nitrogen and oxygen atoms in total. The van der Waals surface area contributed by atoms with Gasteiger partial charge in [-0.2, -0.15) is 0 Å². The highest BCUT2D eigenvalue weighted by Gasteiger charge is 2.28. The minimum atomic E-state index is -0.581. The fourth-order valence-corrected chi connectivity index (χ4v) is 2.48. The van der Waals surface area contributed by atoms with E-state index in [1.807, 2.05) is 0 Å². The van der Waals surface area contributed by atoms with Crippen molar-refractivity contribution in [2.75, 3.05) is 32.8 Å². The number of hydrogen-bond acceptors (Lipinski definition) is 5. The van der Waals surface area contributed by atoms with Crippen molar-refractivity contribution in [2.45, 2.75) is 26.4 Å². The molecule has 1 fully saturated rings. The van der Waals surface area contributed by atoms with Gasteiger partial charge in [-0.1, -0.05) is 11.6 Å². The SMILES string of the molecule is CC(C)(C)OC(=O)N1CCN(C(=O)COC(=O)c2ccc(Cl)cc2)CC1. The van der Waals surface area contributed by atoms with Crippen molar-refractivity contribution in [1.82, 2.24) is 9.80 Å². The highest BCUT2D eigenvalue weighted by molar-refractivity contribution is 6.30. The number of ether oxygens (including phenoxy) is 2. The molecule has 0 saturated carbocycles. The third-order valence-corrected chi connectivity index (χ3v) is 3.94. The van der Waals surface area contributed by atoms with Gasteiger partial charge in [0.05, 0.1) is 5.56 Å². The summed E-state index contributed by atoms with van der Waals surface area (Å²) >= 11 is 5.76. The van der Waals surface area contributed by atoms with Crippen molar-refractivity contribution >= 4 is 29.6 Å². The molecule has 8 heteroatoms. The lowest BCUT2D eigenvalue weighted by molar-refractivity contribution is -0.136. The Kier molecular flexibility index (Phi) is 6.47. The summed E-state index contributed by atoms with van der Waals surface area (Å²) in [5, 5.41) is 0.514. The van der Waals surface area contributed by atoms with Crippen molar-refractivity contribution in [1.29, 1.82) is 0 Å². The second-order valence-electron chi connectivity index (χ2n) is 6.93. The number of carbonyl (C=O) groups excluding carboxylic acids is 3. The molecule has 1 aliphatic heterocycles. The Morgan fingerprint density at radius 3 is 2.08 bits per heavy atom. The fourth-order valence-electron chi connectivity index (χ4n) is 2.35. The Labute approximate surface area is 157 Å². The molecule has 0 spiro atoms. The van der Waals surface area contributed by atoms with Crippen LogP contribution in [0.5, 0.6) is 0 Å². The van der Waals surface area contributed by atoms with Gasteiger partial charge in [-0.3, -0.25) is 4.79 Å². The van der Waals surface area contributed by atoms with Crippen molar-refractivity contribution in [3.05, 3.63) is 34.9 Å². The van der Waals surface area contributed by atoms with E-state index in [4.69, 9.17) is 21.1 Å². The summed E-state index contributed by atoms with van der Waals surface area (Å²) in [5.41, 5.74) is -0.225. The summed E-state index contributed by atoms with van der Waals surface area (Å²) in [7, 11) is 0. The topological polar surface area (TPSA) is 76.2 Å². The van der Waals surface area contributed by atoms with E-state index in [1.54, 1.807) is 42.7 Å². The highest BCUT2D eigenvalue weighted by Crippen LogP contribution is 2.13. The maximum Gasteiger partial charge on any atom is 0.410 e. The third-order valence-electron chi connectivity index (χ3n) is 3.69. The monoisotopic (exact) mass is 382 g/mol. The first-order valence-electron chi connectivity index (χ1n) is 8.34. The van der Waals surface area contributed by atoms with Crippen LogP contribution in [-0.2, 0) is 14.3 Å². The minimum absolute atomic E-state index is 0.295. The van der Waals surface area contributed by atoms with Gasteiger partial charge in [-0.25, -0.2) is 9.59 Å². The van der Waals surface area contributed by atoms with Crippen LogP contribution in [0.2, 0.25) is 5.02 Å². The molecule has 0 unspecified atom stereocenters. The highest BCUT2D eigenvalue weighted by atomic mass is 35.5. The quantitative estimate of drug-likeness (QED) is 0.751. The molecule has 2 amide bonds. The van der Waals surface area contributed by atoms with E-state index in [0.717, 1.165) is 0 Å². The molecule has 1 aromatic rings. The standard InChI is InChI=1S/C18H23ClN2O5/c1-18(2,3)26-17(24)21-10-8-20(9-11-21)15(22)12-25-16(23)13-4-6-14(19)7-5-13/h4-7H,8-12H2,1-3H3. The Balaban J connectivity index is 1.77. The zero-order valence-electron chi connectivity index (χ0n) is 15.2. The molecule has 0 N–H and O–H groups in total. The normalized spacial score (nSPS) is 14.8. The molecule has 26 heavy (non-hydrogen) atoms. The smallest absolute Gasteiger partial charge is 0.410 e. The molecule has 0 radical (unpaired) electrons. The summed E-state index contributed by atoms with van der Waals surface area (Å²) in [6.45, 7) is 6.58. The lowest BCUT2D eigenvalue weighted by Crippen LogP contribution is -2.52. The Morgan fingerprint density at radius 2 is 1.54 bits per heavy atom. The molecular formula is C18H23ClN2O5. The van der Waals surface area contributed by atoms with E-state index in [9.17, 15) is 14.4 Å². The predicted molar refractivity (Wildman–Crippen MR) is 96.1 cm³/mol. The van der Waals surface area contributed by atoms with Crippen LogP contribution in [0.25, 0.3) is 0 Å². The number of carbonyl (C=O) groups is 3. The van der Waals surface area contributed by atoms with Gasteiger partial charge in [-0.15, -0.1) is 0 Å². The summed E-state index contributed by atoms with van der Waals surface area (Å²) in [5.74, 6) is -0.876. The molecular weight excluding hydrogens is 360 g/mol. The van der Waals surface area contributed by atoms with Gasteiger partial charge < -0.3 is 19.3 Å². The molecule has 0 aromatic heterocycles. The Hall–Kier alpha value is -2.28. The summed E-state index contributed by atoms with van der Waals surface area (Å²) in [6.07, 6.45) is -0.390. The number of hydrogen-bond donors (Lipinski definition) is 0. The molecule has 0 atom stereocenters. The van der Waals surface area contributed by atoms with Crippen LogP contribution in [0.1, 0.15) is 31.1 Å². The van der Waals surface area contributed by atoms with Crippen LogP contribution in [-0.4, -0.2) is 66.2 Å². The van der Waals surface area contributed by atoms with Crippen LogP contribution < -0.4 is 0 Å². The van der Waals surface area contributed by atoms with E-state index in [2.05, 4.69) is 0 Å². The number of piperazine rings is 1. The predicted octanol–water partition coefficient (Wildman–Crippen LogP) is 2.58. The summed E-state index contributed by atoms with van der Waals surface area (Å²) < 4.78 is 10.4. The van der Waals surface area contributed by atoms with Crippen molar-refractivity contribution < 1.29 is 23.9 Å². The number of rotatable bonds is 3. The number of amides is 2. The molecule has 1 aromatic carbocycles. The van der Waals surface area contributed by atoms with Gasteiger partial charge >= 0.3 is 12.1 Å². The van der Waals surface area contributed by atoms with Gasteiger partial charge in [-0.05, 0) is 45.0 Å². The zero-order chi connectivity index (χ0) is 19.3. The van der Waals surface area contributed by atoms with E-state index < -0.39 is 17.7 Å². The maximum atomic E-state index is 12.2. The van der Waals surface area contributed by atoms with Crippen LogP contribution in [0.3, 0.4) is 0 Å². The largest absolute Gasteiger partial charge is 0.452 e. The van der Waals surface area contributed by atoms with Crippen molar-refractivity contribution in [3.63, 3.8) is 0 Å². The number of halogens is 1. The molecule has 142 valence electrons. The van der Waals surface area contributed by atoms with Gasteiger partial charge in [0, 0.05) is 31.2 Å². The zero-order valence-corrected chi connectivity index (χ0v) is 15.9. The summed E-state index contributed by atoms with van der Waals surface area (Å²) in [6, 6.07) is 6.23. The first kappa shape index (κ1) is 20.0. The van der Waals surface area contributed by atoms with Gasteiger partial charge in [0.25, 0.3) is 5.91 Å². The van der Waals surface area contributed by atoms with E-state index in [0.29, 0.717) is 36.8 Å². The number of esters is 1. The van der Waals surface area contributed by atoms with Gasteiger partial charge in [0.15, 0.2) is 6.61 Å². The fraction of sp³-hybridized carbons (Fsp3) is 0.500. The van der Waals surface area contributed by atoms with Gasteiger partial charge in [0.2, 0.25) is 0 Å². The van der Waals surface area contributed by atoms with Gasteiger partial charge in [0.1, 0.15) is 5.60 Å². The lowest BCUT2D eigenvalue weighted by atomic mass is 10.2. The van der Waals surface area contributed by atoms with Crippen LogP contribution in [0, 0.1) is 0 Å². The molecule has 2 rings (SSSR count). The van der Waals surface area contributed by atoms with E-state index in [-0.39, 0.29) is 12.5 Å². The first-order valence-corrected chi connectivity index (χ1v) is 8.72. The van der Waals surface area contributed by atoms with E-state index >= 15 is 0 Å². The Bertz CT molecular complexity index is 661. The average Bonchev–Trinajstić information content (AvgIpc) is 2.58. The molecule has 0 bridgehead atoms. The second-order valence-corrected chi connectivity index (χ2v) is 7.37.